The predicted molar refractivity (Wildman–Crippen MR) is 300 cm³/mol. The fourth-order valence-corrected chi connectivity index (χ4v) is 12.9. The van der Waals surface area contributed by atoms with E-state index in [1.807, 2.05) is 0 Å². The zero-order chi connectivity index (χ0) is 55.8. The lowest BCUT2D eigenvalue weighted by Crippen LogP contribution is -2.15. The first kappa shape index (κ1) is 56.6. The molecule has 0 bridgehead atoms. The summed E-state index contributed by atoms with van der Waals surface area (Å²) in [5, 5.41) is 51.0. The van der Waals surface area contributed by atoms with Crippen molar-refractivity contribution in [3.05, 3.63) is 116 Å². The summed E-state index contributed by atoms with van der Waals surface area (Å²) in [6.07, 6.45) is 14.5. The molecule has 4 N–H and O–H groups in total. The first-order chi connectivity index (χ1) is 39.0. The number of nitrogens with one attached hydrogen (secondary N) is 4. The largest absolute Gasteiger partial charge is 0.495 e. The van der Waals surface area contributed by atoms with Gasteiger partial charge in [0, 0.05) is 48.5 Å². The van der Waals surface area contributed by atoms with Gasteiger partial charge in [-0.15, -0.1) is 40.8 Å². The van der Waals surface area contributed by atoms with Crippen molar-refractivity contribution in [3.63, 3.8) is 0 Å². The highest BCUT2D eigenvalue weighted by Crippen LogP contribution is 2.45. The van der Waals surface area contributed by atoms with Crippen LogP contribution in [0.4, 0.5) is 20.5 Å². The summed E-state index contributed by atoms with van der Waals surface area (Å²) in [7, 11) is 6.19. The second-order valence-corrected chi connectivity index (χ2v) is 22.4. The van der Waals surface area contributed by atoms with Crippen molar-refractivity contribution in [2.75, 3.05) is 49.7 Å². The molecule has 2 fully saturated rings. The molecule has 2 saturated carbocycles. The maximum absolute atomic E-state index is 12.6. The van der Waals surface area contributed by atoms with Gasteiger partial charge in [-0.05, 0) is 87.1 Å². The van der Waals surface area contributed by atoms with Gasteiger partial charge in [0.25, 0.3) is 0 Å². The molecule has 0 spiro atoms. The van der Waals surface area contributed by atoms with Gasteiger partial charge in [0.05, 0.1) is 76.9 Å². The molecule has 4 amide bonds. The van der Waals surface area contributed by atoms with Gasteiger partial charge in [0.1, 0.15) is 43.0 Å². The highest BCUT2D eigenvalue weighted by atomic mass is 32.1. The van der Waals surface area contributed by atoms with Gasteiger partial charge in [-0.1, -0.05) is 58.2 Å². The molecule has 0 unspecified atom stereocenters. The molecule has 28 heteroatoms. The first-order valence-electron chi connectivity index (χ1n) is 25.5. The van der Waals surface area contributed by atoms with Gasteiger partial charge in [-0.3, -0.25) is 39.1 Å². The first-order valence-corrected chi connectivity index (χ1v) is 28.8. The molecule has 80 heavy (non-hydrogen) atoms. The normalized spacial score (nSPS) is 16.8. The van der Waals surface area contributed by atoms with Crippen molar-refractivity contribution in [1.29, 1.82) is 0 Å². The molecule has 0 aliphatic heterocycles. The lowest BCUT2D eigenvalue weighted by atomic mass is 9.82. The average Bonchev–Trinajstić information content (AvgIpc) is 4.34. The molecule has 8 heterocycles. The standard InChI is InChI=1S/2C26H28N8O4S2/c2*1-37-19-8-4-10-27-17(19)13-21(35)29-25-33-31-23(39-25)15-6-3-7-16(12-15)24-32-34-26(40-24)30-22(36)14-18-20(38-2)9-5-11-28-18/h2*4-5,8-11,15-16H,3,6-7,12-14H2,1-2H3,(H,29,33,35)(H,30,34,36)/t2*15-,16-/m10/s1. The Morgan fingerprint density at radius 2 is 0.637 bits per heavy atom. The number of nitrogens with zero attached hydrogens (tertiary/aromatic N) is 12. The number of pyridine rings is 4. The molecule has 0 aromatic carbocycles. The average molecular weight is 1160 g/mol. The Bertz CT molecular complexity index is 2960. The minimum absolute atomic E-state index is 0.0791. The molecule has 8 aromatic heterocycles. The number of rotatable bonds is 20. The van der Waals surface area contributed by atoms with Crippen molar-refractivity contribution in [2.45, 2.75) is 101 Å². The van der Waals surface area contributed by atoms with Crippen LogP contribution < -0.4 is 40.2 Å². The molecular weight excluding hydrogens is 1100 g/mol. The van der Waals surface area contributed by atoms with Crippen LogP contribution in [-0.4, -0.2) is 113 Å². The van der Waals surface area contributed by atoms with Crippen molar-refractivity contribution in [3.8, 4) is 23.0 Å². The van der Waals surface area contributed by atoms with Crippen molar-refractivity contribution >= 4 is 89.5 Å². The van der Waals surface area contributed by atoms with Crippen molar-refractivity contribution in [1.82, 2.24) is 60.7 Å². The monoisotopic (exact) mass is 1160 g/mol. The number of hydrogen-bond acceptors (Lipinski definition) is 24. The SMILES string of the molecule is COc1cccnc1CC(=O)Nc1nnc([C@@H]2CCC[C@@H](c3nnc(NC(=O)Cc4ncccc4OC)s3)C2)s1.COc1cccnc1CC(=O)Nc1nnc([C@H]2CCC[C@H](c3nnc(NC(=O)Cc4ncccc4OC)s3)C2)s1. The van der Waals surface area contributed by atoms with E-state index in [2.05, 4.69) is 82.0 Å². The van der Waals surface area contributed by atoms with E-state index >= 15 is 0 Å². The van der Waals surface area contributed by atoms with Crippen LogP contribution in [0.1, 0.15) is 118 Å². The number of ether oxygens (including phenoxy) is 4. The minimum Gasteiger partial charge on any atom is -0.495 e. The second-order valence-electron chi connectivity index (χ2n) is 18.4. The van der Waals surface area contributed by atoms with Gasteiger partial charge in [0.2, 0.25) is 44.2 Å². The van der Waals surface area contributed by atoms with Gasteiger partial charge in [-0.2, -0.15) is 0 Å². The number of carbonyl (C=O) groups excluding carboxylic acids is 4. The number of aromatic nitrogens is 12. The fourth-order valence-electron chi connectivity index (χ4n) is 9.31. The quantitative estimate of drug-likeness (QED) is 0.0561. The Morgan fingerprint density at radius 3 is 0.863 bits per heavy atom. The molecule has 8 aromatic rings. The van der Waals surface area contributed by atoms with Crippen LogP contribution in [-0.2, 0) is 44.9 Å². The third-order valence-corrected chi connectivity index (χ3v) is 17.1. The molecule has 24 nitrogen and oxygen atoms in total. The summed E-state index contributed by atoms with van der Waals surface area (Å²) in [6.45, 7) is 0. The van der Waals surface area contributed by atoms with Gasteiger partial charge in [-0.25, -0.2) is 0 Å². The summed E-state index contributed by atoms with van der Waals surface area (Å²) in [4.78, 5) is 67.2. The van der Waals surface area contributed by atoms with Crippen LogP contribution in [0.3, 0.4) is 0 Å². The summed E-state index contributed by atoms with van der Waals surface area (Å²) >= 11 is 5.57. The van der Waals surface area contributed by atoms with E-state index in [4.69, 9.17) is 18.9 Å². The molecule has 416 valence electrons. The van der Waals surface area contributed by atoms with Gasteiger partial charge < -0.3 is 40.2 Å². The maximum atomic E-state index is 12.6. The molecule has 0 saturated heterocycles. The van der Waals surface area contributed by atoms with E-state index in [1.54, 1.807) is 102 Å². The van der Waals surface area contributed by atoms with E-state index in [0.717, 1.165) is 71.4 Å². The van der Waals surface area contributed by atoms with Crippen LogP contribution in [0.25, 0.3) is 0 Å². The van der Waals surface area contributed by atoms with Crippen molar-refractivity contribution < 1.29 is 38.1 Å². The number of hydrogen-bond donors (Lipinski definition) is 4. The maximum Gasteiger partial charge on any atom is 0.232 e. The Kier molecular flexibility index (Phi) is 19.6. The zero-order valence-corrected chi connectivity index (χ0v) is 47.3. The molecule has 4 atom stereocenters. The summed E-state index contributed by atoms with van der Waals surface area (Å²) < 4.78 is 21.1. The lowest BCUT2D eigenvalue weighted by molar-refractivity contribution is -0.116. The zero-order valence-electron chi connectivity index (χ0n) is 44.0. The molecule has 10 rings (SSSR count). The van der Waals surface area contributed by atoms with Crippen molar-refractivity contribution in [2.24, 2.45) is 0 Å². The number of methoxy groups -OCH3 is 4. The van der Waals surface area contributed by atoms with E-state index in [9.17, 15) is 19.2 Å². The van der Waals surface area contributed by atoms with Gasteiger partial charge >= 0.3 is 0 Å². The number of amides is 4. The summed E-state index contributed by atoms with van der Waals surface area (Å²) in [6, 6.07) is 14.1. The molecular formula is C52H56N16O8S4. The topological polar surface area (TPSA) is 308 Å². The van der Waals surface area contributed by atoms with Crippen LogP contribution in [0, 0.1) is 0 Å². The Balaban J connectivity index is 0.000000194. The van der Waals surface area contributed by atoms with E-state index in [1.165, 1.54) is 45.3 Å². The molecule has 2 aliphatic carbocycles. The number of carbonyl (C=O) groups is 4. The van der Waals surface area contributed by atoms with E-state index in [-0.39, 0.29) is 73.0 Å². The predicted octanol–water partition coefficient (Wildman–Crippen LogP) is 8.00. The third-order valence-electron chi connectivity index (χ3n) is 13.1. The molecule has 2 aliphatic rings. The van der Waals surface area contributed by atoms with Crippen LogP contribution in [0.5, 0.6) is 23.0 Å². The Hall–Kier alpha value is -8.08. The highest BCUT2D eigenvalue weighted by molar-refractivity contribution is 7.16. The molecule has 0 radical (unpaired) electrons. The van der Waals surface area contributed by atoms with E-state index in [0.29, 0.717) is 66.3 Å². The summed E-state index contributed by atoms with van der Waals surface area (Å²) in [5.74, 6) is 2.16. The van der Waals surface area contributed by atoms with Crippen LogP contribution in [0.2, 0.25) is 0 Å². The van der Waals surface area contributed by atoms with E-state index < -0.39 is 0 Å². The smallest absolute Gasteiger partial charge is 0.232 e. The highest BCUT2D eigenvalue weighted by Gasteiger charge is 2.32. The van der Waals surface area contributed by atoms with Crippen LogP contribution >= 0.6 is 45.3 Å². The summed E-state index contributed by atoms with van der Waals surface area (Å²) in [5.41, 5.74) is 2.25. The van der Waals surface area contributed by atoms with Gasteiger partial charge in [0.15, 0.2) is 0 Å². The van der Waals surface area contributed by atoms with Crippen LogP contribution in [0.15, 0.2) is 73.3 Å². The minimum atomic E-state index is -0.230. The Labute approximate surface area is 475 Å². The Morgan fingerprint density at radius 1 is 0.400 bits per heavy atom. The second kappa shape index (κ2) is 27.7. The fraction of sp³-hybridized carbons (Fsp3) is 0.385. The third kappa shape index (κ3) is 15.2. The lowest BCUT2D eigenvalue weighted by Gasteiger charge is -2.25. The number of anilines is 4.